The van der Waals surface area contributed by atoms with E-state index in [9.17, 15) is 9.59 Å². The monoisotopic (exact) mass is 616 g/mol. The van der Waals surface area contributed by atoms with Crippen LogP contribution in [-0.4, -0.2) is 49.9 Å². The predicted molar refractivity (Wildman–Crippen MR) is 165 cm³/mol. The number of carbonyl (C=O) groups excluding carboxylic acids is 2. The van der Waals surface area contributed by atoms with Gasteiger partial charge in [-0.3, -0.25) is 9.59 Å². The normalized spacial score (nSPS) is 17.5. The molecule has 1 aliphatic rings. The third kappa shape index (κ3) is 8.60. The zero-order valence-corrected chi connectivity index (χ0v) is 25.0. The molecule has 1 saturated carbocycles. The fraction of sp³-hybridized carbons (Fsp3) is 0.226. The van der Waals surface area contributed by atoms with E-state index in [-0.39, 0.29) is 17.7 Å². The van der Waals surface area contributed by atoms with Crippen molar-refractivity contribution < 1.29 is 14.3 Å². The Bertz CT molecular complexity index is 1350. The number of amides is 1. The summed E-state index contributed by atoms with van der Waals surface area (Å²) >= 11 is 24.7. The maximum absolute atomic E-state index is 13.5. The first-order valence-corrected chi connectivity index (χ1v) is 14.1. The predicted octanol–water partition coefficient (Wildman–Crippen LogP) is 7.87. The lowest BCUT2D eigenvalue weighted by Gasteiger charge is -2.27. The molecule has 0 heterocycles. The van der Waals surface area contributed by atoms with Crippen LogP contribution in [0.1, 0.15) is 34.3 Å². The van der Waals surface area contributed by atoms with Gasteiger partial charge >= 0.3 is 0 Å². The highest BCUT2D eigenvalue weighted by Crippen LogP contribution is 2.31. The quantitative estimate of drug-likeness (QED) is 0.261. The molecule has 1 amide bonds. The summed E-state index contributed by atoms with van der Waals surface area (Å²) in [5.74, 6) is 0.323. The van der Waals surface area contributed by atoms with Crippen LogP contribution in [0.25, 0.3) is 12.2 Å². The largest absolute Gasteiger partial charge is 0.492 e. The lowest BCUT2D eigenvalue weighted by atomic mass is 9.83. The molecule has 4 rings (SSSR count). The fourth-order valence-corrected chi connectivity index (χ4v) is 5.47. The highest BCUT2D eigenvalue weighted by Gasteiger charge is 2.29. The van der Waals surface area contributed by atoms with E-state index in [1.807, 2.05) is 19.0 Å². The Balaban J connectivity index is 1.58. The van der Waals surface area contributed by atoms with Gasteiger partial charge in [-0.25, -0.2) is 0 Å². The Labute approximate surface area is 254 Å². The molecule has 0 aliphatic heterocycles. The van der Waals surface area contributed by atoms with E-state index in [0.717, 1.165) is 6.54 Å². The molecule has 0 radical (unpaired) electrons. The third-order valence-corrected chi connectivity index (χ3v) is 7.10. The standard InChI is InChI=1S/C31H28Cl4N2O3/c1-37(2)7-8-40-29-5-3-21(4-6-29)31(39)36-28-15-22(9-19-11-24(32)17-25(33)12-19)30(38)23(16-28)10-20-13-26(34)18-27(35)14-20/h3-6,9-14,17-18,28H,7-8,15-16H2,1-2H3,(H,36,39)/b22-9+,23-10+. The number of halogens is 4. The maximum Gasteiger partial charge on any atom is 0.251 e. The van der Waals surface area contributed by atoms with E-state index in [0.29, 0.717) is 73.1 Å². The SMILES string of the molecule is CN(C)CCOc1ccc(C(=O)NC2C/C(=C\c3cc(Cl)cc(Cl)c3)C(=O)/C(=C/c3cc(Cl)cc(Cl)c3)C2)cc1. The summed E-state index contributed by atoms with van der Waals surface area (Å²) < 4.78 is 5.72. The lowest BCUT2D eigenvalue weighted by molar-refractivity contribution is -0.113. The molecule has 3 aromatic rings. The van der Waals surface area contributed by atoms with Crippen LogP contribution in [0, 0.1) is 0 Å². The summed E-state index contributed by atoms with van der Waals surface area (Å²) in [6.07, 6.45) is 4.20. The van der Waals surface area contributed by atoms with E-state index in [4.69, 9.17) is 51.1 Å². The number of Topliss-reactive ketones (excluding diaryl/α,β-unsaturated/α-hetero) is 1. The van der Waals surface area contributed by atoms with Gasteiger partial charge in [-0.05, 0) is 111 Å². The van der Waals surface area contributed by atoms with Gasteiger partial charge in [0.1, 0.15) is 12.4 Å². The minimum atomic E-state index is -0.331. The van der Waals surface area contributed by atoms with Gasteiger partial charge < -0.3 is 15.0 Å². The van der Waals surface area contributed by atoms with E-state index >= 15 is 0 Å². The van der Waals surface area contributed by atoms with Gasteiger partial charge in [0.05, 0.1) is 0 Å². The number of benzene rings is 3. The summed E-state index contributed by atoms with van der Waals surface area (Å²) in [4.78, 5) is 28.7. The molecule has 0 atom stereocenters. The van der Waals surface area contributed by atoms with E-state index < -0.39 is 0 Å². The Morgan fingerprint density at radius 1 is 0.850 bits per heavy atom. The number of likely N-dealkylation sites (N-methyl/N-ethyl adjacent to an activating group) is 1. The molecular formula is C31H28Cl4N2O3. The minimum Gasteiger partial charge on any atom is -0.492 e. The van der Waals surface area contributed by atoms with Gasteiger partial charge in [-0.1, -0.05) is 46.4 Å². The Kier molecular flexibility index (Phi) is 10.3. The Hall–Kier alpha value is -2.80. The van der Waals surface area contributed by atoms with Crippen LogP contribution in [0.2, 0.25) is 20.1 Å². The summed E-state index contributed by atoms with van der Waals surface area (Å²) in [7, 11) is 3.95. The number of ether oxygens (including phenoxy) is 1. The van der Waals surface area contributed by atoms with E-state index in [2.05, 4.69) is 5.32 Å². The van der Waals surface area contributed by atoms with Crippen LogP contribution in [-0.2, 0) is 4.79 Å². The summed E-state index contributed by atoms with van der Waals surface area (Å²) in [5, 5.41) is 4.94. The Morgan fingerprint density at radius 2 is 1.32 bits per heavy atom. The average molecular weight is 618 g/mol. The highest BCUT2D eigenvalue weighted by atomic mass is 35.5. The number of hydrogen-bond donors (Lipinski definition) is 1. The van der Waals surface area contributed by atoms with Gasteiger partial charge in [0.15, 0.2) is 5.78 Å². The molecule has 3 aromatic carbocycles. The fourth-order valence-electron chi connectivity index (χ4n) is 4.38. The molecule has 40 heavy (non-hydrogen) atoms. The molecule has 1 aliphatic carbocycles. The first kappa shape index (κ1) is 30.2. The molecule has 1 fully saturated rings. The Morgan fingerprint density at radius 3 is 1.77 bits per heavy atom. The molecular weight excluding hydrogens is 590 g/mol. The van der Waals surface area contributed by atoms with Crippen LogP contribution in [0.4, 0.5) is 0 Å². The molecule has 5 nitrogen and oxygen atoms in total. The van der Waals surface area contributed by atoms with Gasteiger partial charge in [0, 0.05) is 49.4 Å². The molecule has 0 saturated heterocycles. The van der Waals surface area contributed by atoms with Crippen molar-refractivity contribution in [1.29, 1.82) is 0 Å². The van der Waals surface area contributed by atoms with Crippen LogP contribution in [0.3, 0.4) is 0 Å². The van der Waals surface area contributed by atoms with Crippen molar-refractivity contribution >= 4 is 70.2 Å². The second-order valence-electron chi connectivity index (χ2n) is 9.83. The van der Waals surface area contributed by atoms with Crippen molar-refractivity contribution in [2.45, 2.75) is 18.9 Å². The number of ketones is 1. The summed E-state index contributed by atoms with van der Waals surface area (Å²) in [5.41, 5.74) is 2.94. The van der Waals surface area contributed by atoms with Gasteiger partial charge in [-0.2, -0.15) is 0 Å². The molecule has 0 bridgehead atoms. The van der Waals surface area contributed by atoms with Crippen LogP contribution >= 0.6 is 46.4 Å². The van der Waals surface area contributed by atoms with Crippen LogP contribution in [0.5, 0.6) is 5.75 Å². The number of nitrogens with one attached hydrogen (secondary N) is 1. The van der Waals surface area contributed by atoms with E-state index in [1.54, 1.807) is 72.8 Å². The van der Waals surface area contributed by atoms with Crippen LogP contribution < -0.4 is 10.1 Å². The molecule has 0 aromatic heterocycles. The molecule has 208 valence electrons. The van der Waals surface area contributed by atoms with Gasteiger partial charge in [0.2, 0.25) is 0 Å². The smallest absolute Gasteiger partial charge is 0.251 e. The van der Waals surface area contributed by atoms with Crippen molar-refractivity contribution in [3.8, 4) is 5.75 Å². The number of hydrogen-bond acceptors (Lipinski definition) is 4. The number of nitrogens with zero attached hydrogens (tertiary/aromatic N) is 1. The minimum absolute atomic E-state index is 0.128. The number of carbonyl (C=O) groups is 2. The lowest BCUT2D eigenvalue weighted by Crippen LogP contribution is -2.39. The summed E-state index contributed by atoms with van der Waals surface area (Å²) in [6.45, 7) is 1.34. The molecule has 0 spiro atoms. The first-order valence-electron chi connectivity index (χ1n) is 12.6. The van der Waals surface area contributed by atoms with Crippen molar-refractivity contribution in [1.82, 2.24) is 10.2 Å². The van der Waals surface area contributed by atoms with Gasteiger partial charge in [0.25, 0.3) is 5.91 Å². The topological polar surface area (TPSA) is 58.6 Å². The molecule has 1 N–H and O–H groups in total. The second kappa shape index (κ2) is 13.7. The second-order valence-corrected chi connectivity index (χ2v) is 11.6. The summed E-state index contributed by atoms with van der Waals surface area (Å²) in [6, 6.07) is 16.9. The van der Waals surface area contributed by atoms with Crippen molar-refractivity contribution in [2.75, 3.05) is 27.2 Å². The highest BCUT2D eigenvalue weighted by molar-refractivity contribution is 6.35. The van der Waals surface area contributed by atoms with Crippen molar-refractivity contribution in [3.63, 3.8) is 0 Å². The maximum atomic E-state index is 13.5. The van der Waals surface area contributed by atoms with E-state index in [1.165, 1.54) is 0 Å². The first-order chi connectivity index (χ1) is 19.0. The molecule has 9 heteroatoms. The zero-order chi connectivity index (χ0) is 28.8. The third-order valence-electron chi connectivity index (χ3n) is 6.23. The zero-order valence-electron chi connectivity index (χ0n) is 22.0. The number of rotatable bonds is 8. The van der Waals surface area contributed by atoms with Crippen LogP contribution in [0.15, 0.2) is 71.8 Å². The van der Waals surface area contributed by atoms with Gasteiger partial charge in [-0.15, -0.1) is 0 Å². The van der Waals surface area contributed by atoms with Crippen molar-refractivity contribution in [2.24, 2.45) is 0 Å². The average Bonchev–Trinajstić information content (AvgIpc) is 2.86. The van der Waals surface area contributed by atoms with Crippen molar-refractivity contribution in [3.05, 3.63) is 109 Å². The molecule has 0 unspecified atom stereocenters.